The van der Waals surface area contributed by atoms with Gasteiger partial charge in [0.05, 0.1) is 18.5 Å². The van der Waals surface area contributed by atoms with Crippen molar-refractivity contribution in [3.8, 4) is 22.6 Å². The van der Waals surface area contributed by atoms with Crippen molar-refractivity contribution < 1.29 is 28.1 Å². The van der Waals surface area contributed by atoms with E-state index in [4.69, 9.17) is 18.5 Å². The molecule has 7 heteroatoms. The first-order chi connectivity index (χ1) is 21.0. The summed E-state index contributed by atoms with van der Waals surface area (Å²) in [5.74, 6) is 1.32. The quantitative estimate of drug-likeness (QED) is 0.133. The minimum atomic E-state index is -1.49. The van der Waals surface area contributed by atoms with Crippen molar-refractivity contribution in [2.75, 3.05) is 13.2 Å². The van der Waals surface area contributed by atoms with Crippen LogP contribution < -0.4 is 14.4 Å². The van der Waals surface area contributed by atoms with E-state index in [-0.39, 0.29) is 22.8 Å². The van der Waals surface area contributed by atoms with Crippen LogP contribution in [0.4, 0.5) is 0 Å². The average molecular weight is 619 g/mol. The number of hydrogen-bond acceptors (Lipinski definition) is 6. The highest BCUT2D eigenvalue weighted by Crippen LogP contribution is 2.53. The fourth-order valence-electron chi connectivity index (χ4n) is 5.88. The van der Waals surface area contributed by atoms with Crippen molar-refractivity contribution in [3.63, 3.8) is 0 Å². The van der Waals surface area contributed by atoms with Gasteiger partial charge in [0.2, 0.25) is 0 Å². The van der Waals surface area contributed by atoms with Gasteiger partial charge in [-0.2, -0.15) is 0 Å². The Morgan fingerprint density at radius 1 is 0.750 bits per heavy atom. The zero-order chi connectivity index (χ0) is 31.9. The Labute approximate surface area is 264 Å². The van der Waals surface area contributed by atoms with Crippen molar-refractivity contribution in [3.05, 3.63) is 77.4 Å². The van der Waals surface area contributed by atoms with Crippen LogP contribution in [0.25, 0.3) is 11.1 Å². The fourth-order valence-corrected chi connectivity index (χ4v) is 7.41. The lowest BCUT2D eigenvalue weighted by molar-refractivity contribution is -0.144. The molecule has 0 fully saturated rings. The summed E-state index contributed by atoms with van der Waals surface area (Å²) in [7, 11) is -1.49. The highest BCUT2D eigenvalue weighted by Gasteiger charge is 2.36. The maximum Gasteiger partial charge on any atom is 0.326 e. The average Bonchev–Trinajstić information content (AvgIpc) is 2.98. The zero-order valence-electron chi connectivity index (χ0n) is 27.3. The summed E-state index contributed by atoms with van der Waals surface area (Å²) >= 11 is 0. The maximum absolute atomic E-state index is 12.1. The van der Waals surface area contributed by atoms with Gasteiger partial charge in [0.15, 0.2) is 0 Å². The van der Waals surface area contributed by atoms with Crippen molar-refractivity contribution >= 4 is 25.6 Å². The smallest absolute Gasteiger partial charge is 0.326 e. The largest absolute Gasteiger partial charge is 0.466 e. The molecule has 1 atom stereocenters. The lowest BCUT2D eigenvalue weighted by Gasteiger charge is -2.36. The lowest BCUT2D eigenvalue weighted by atomic mass is 9.73. The summed E-state index contributed by atoms with van der Waals surface area (Å²) in [6.07, 6.45) is 3.74. The molecule has 0 aliphatic carbocycles. The Hall–Kier alpha value is -3.37. The molecule has 1 aliphatic rings. The molecule has 0 amide bonds. The molecule has 6 nitrogen and oxygen atoms in total. The molecule has 1 aliphatic heterocycles. The number of carbonyl (C=O) groups excluding carboxylic acids is 2. The predicted octanol–water partition coefficient (Wildman–Crippen LogP) is 9.09. The van der Waals surface area contributed by atoms with Crippen molar-refractivity contribution in [1.82, 2.24) is 0 Å². The molecule has 44 heavy (non-hydrogen) atoms. The normalized spacial score (nSPS) is 14.2. The Kier molecular flexibility index (Phi) is 11.1. The Morgan fingerprint density at radius 3 is 1.80 bits per heavy atom. The van der Waals surface area contributed by atoms with Crippen LogP contribution in [0.3, 0.4) is 0 Å². The summed E-state index contributed by atoms with van der Waals surface area (Å²) in [5.41, 5.74) is 4.92. The number of esters is 2. The second-order valence-corrected chi connectivity index (χ2v) is 14.1. The zero-order valence-corrected chi connectivity index (χ0v) is 28.2. The molecule has 3 aromatic rings. The van der Waals surface area contributed by atoms with Gasteiger partial charge >= 0.3 is 20.3 Å². The van der Waals surface area contributed by atoms with E-state index in [0.29, 0.717) is 38.9 Å². The molecule has 0 saturated carbocycles. The minimum absolute atomic E-state index is 0.165. The van der Waals surface area contributed by atoms with E-state index in [1.54, 1.807) is 0 Å². The molecule has 236 valence electrons. The van der Waals surface area contributed by atoms with Gasteiger partial charge in [-0.05, 0) is 75.0 Å². The first-order valence-corrected chi connectivity index (χ1v) is 17.0. The third kappa shape index (κ3) is 8.01. The molecule has 0 spiro atoms. The van der Waals surface area contributed by atoms with E-state index in [1.165, 1.54) is 0 Å². The standard InChI is InChI=1S/C37H47O6P/c1-8-40-33(38)20-14-22-36(4,5)29-24-26(3)25-30(37(6,7)23-15-21-34(39)41-9-2)35(29)43-44-32-19-13-11-17-28(32)27-16-10-12-18-31(27)42-44/h10-13,16-19,24-25H,8-9,14-15,20-23H2,1-7H3. The topological polar surface area (TPSA) is 71.1 Å². The summed E-state index contributed by atoms with van der Waals surface area (Å²) in [4.78, 5) is 24.3. The predicted molar refractivity (Wildman–Crippen MR) is 178 cm³/mol. The number of para-hydroxylation sites is 1. The number of benzene rings is 3. The number of fused-ring (bicyclic) bond motifs is 3. The van der Waals surface area contributed by atoms with Crippen LogP contribution in [-0.4, -0.2) is 25.2 Å². The Balaban J connectivity index is 1.75. The van der Waals surface area contributed by atoms with E-state index in [2.05, 4.69) is 71.0 Å². The highest BCUT2D eigenvalue weighted by molar-refractivity contribution is 7.57. The van der Waals surface area contributed by atoms with Crippen molar-refractivity contribution in [2.45, 2.75) is 97.8 Å². The lowest BCUT2D eigenvalue weighted by Crippen LogP contribution is -2.26. The van der Waals surface area contributed by atoms with Gasteiger partial charge in [0.25, 0.3) is 0 Å². The molecule has 4 rings (SSSR count). The molecule has 0 radical (unpaired) electrons. The summed E-state index contributed by atoms with van der Waals surface area (Å²) in [5, 5.41) is 1.04. The van der Waals surface area contributed by atoms with Crippen LogP contribution in [0.5, 0.6) is 11.5 Å². The van der Waals surface area contributed by atoms with E-state index in [0.717, 1.165) is 57.5 Å². The molecule has 0 saturated heterocycles. The van der Waals surface area contributed by atoms with E-state index in [9.17, 15) is 9.59 Å². The number of aryl methyl sites for hydroxylation is 1. The van der Waals surface area contributed by atoms with Gasteiger partial charge in [0, 0.05) is 29.5 Å². The summed E-state index contributed by atoms with van der Waals surface area (Å²) in [6.45, 7) is 15.4. The molecule has 1 unspecified atom stereocenters. The van der Waals surface area contributed by atoms with Crippen LogP contribution in [0, 0.1) is 6.92 Å². The third-order valence-corrected chi connectivity index (χ3v) is 9.80. The second-order valence-electron chi connectivity index (χ2n) is 12.7. The number of carbonyl (C=O) groups is 2. The molecule has 0 N–H and O–H groups in total. The van der Waals surface area contributed by atoms with Gasteiger partial charge in [-0.1, -0.05) is 81.8 Å². The molecular weight excluding hydrogens is 571 g/mol. The minimum Gasteiger partial charge on any atom is -0.466 e. The first kappa shape index (κ1) is 33.5. The molecule has 1 heterocycles. The van der Waals surface area contributed by atoms with Crippen LogP contribution in [-0.2, 0) is 29.9 Å². The third-order valence-electron chi connectivity index (χ3n) is 8.30. The molecular formula is C37H47O6P. The molecule has 3 aromatic carbocycles. The fraction of sp³-hybridized carbons (Fsp3) is 0.459. The van der Waals surface area contributed by atoms with Gasteiger partial charge in [0.1, 0.15) is 11.5 Å². The maximum atomic E-state index is 12.1. The first-order valence-electron chi connectivity index (χ1n) is 15.8. The van der Waals surface area contributed by atoms with Gasteiger partial charge in [-0.25, -0.2) is 0 Å². The van der Waals surface area contributed by atoms with Gasteiger partial charge < -0.3 is 18.5 Å². The van der Waals surface area contributed by atoms with Crippen molar-refractivity contribution in [2.24, 2.45) is 0 Å². The van der Waals surface area contributed by atoms with Crippen LogP contribution >= 0.6 is 8.38 Å². The van der Waals surface area contributed by atoms with E-state index >= 15 is 0 Å². The van der Waals surface area contributed by atoms with Crippen LogP contribution in [0.1, 0.15) is 96.8 Å². The number of ether oxygens (including phenoxy) is 2. The van der Waals surface area contributed by atoms with Crippen LogP contribution in [0.2, 0.25) is 0 Å². The Bertz CT molecular complexity index is 1400. The Morgan fingerprint density at radius 2 is 1.25 bits per heavy atom. The molecule has 0 bridgehead atoms. The van der Waals surface area contributed by atoms with Gasteiger partial charge in [-0.15, -0.1) is 0 Å². The SMILES string of the molecule is CCOC(=O)CCCC(C)(C)c1cc(C)cc(C(C)(C)CCCC(=O)OCC)c1OP1Oc2ccccc2-c2ccccc21. The van der Waals surface area contributed by atoms with Crippen molar-refractivity contribution in [1.29, 1.82) is 0 Å². The highest BCUT2D eigenvalue weighted by atomic mass is 31.2. The van der Waals surface area contributed by atoms with E-state index < -0.39 is 8.38 Å². The number of rotatable bonds is 14. The molecule has 0 aromatic heterocycles. The van der Waals surface area contributed by atoms with Gasteiger partial charge in [-0.3, -0.25) is 9.59 Å². The van der Waals surface area contributed by atoms with E-state index in [1.807, 2.05) is 38.1 Å². The number of hydrogen-bond donors (Lipinski definition) is 0. The monoisotopic (exact) mass is 618 g/mol. The summed E-state index contributed by atoms with van der Waals surface area (Å²) in [6, 6.07) is 20.9. The second kappa shape index (κ2) is 14.6. The summed E-state index contributed by atoms with van der Waals surface area (Å²) < 4.78 is 24.1. The van der Waals surface area contributed by atoms with Crippen LogP contribution in [0.15, 0.2) is 60.7 Å².